The van der Waals surface area contributed by atoms with Gasteiger partial charge in [0.25, 0.3) is 0 Å². The van der Waals surface area contributed by atoms with Gasteiger partial charge in [0.15, 0.2) is 5.11 Å². The van der Waals surface area contributed by atoms with Gasteiger partial charge in [-0.05, 0) is 55.5 Å². The number of ether oxygens (including phenoxy) is 1. The first-order chi connectivity index (χ1) is 14.8. The van der Waals surface area contributed by atoms with Gasteiger partial charge in [0.05, 0.1) is 30.8 Å². The predicted octanol–water partition coefficient (Wildman–Crippen LogP) is 3.54. The molecule has 1 aliphatic heterocycles. The quantitative estimate of drug-likeness (QED) is 0.542. The molecule has 2 aromatic heterocycles. The Kier molecular flexibility index (Phi) is 5.59. The molecule has 8 nitrogen and oxygen atoms in total. The van der Waals surface area contributed by atoms with Gasteiger partial charge in [-0.25, -0.2) is 8.42 Å². The fourth-order valence-electron chi connectivity index (χ4n) is 3.65. The van der Waals surface area contributed by atoms with Gasteiger partial charge in [-0.15, -0.1) is 0 Å². The third-order valence-electron chi connectivity index (χ3n) is 4.91. The molecule has 0 saturated carbocycles. The maximum atomic E-state index is 11.7. The van der Waals surface area contributed by atoms with Gasteiger partial charge >= 0.3 is 0 Å². The van der Waals surface area contributed by atoms with E-state index < -0.39 is 10.0 Å². The lowest BCUT2D eigenvalue weighted by molar-refractivity contribution is 0.413. The number of rotatable bonds is 6. The Bertz CT molecular complexity index is 1210. The Balaban J connectivity index is 1.79. The molecule has 1 aliphatic rings. The van der Waals surface area contributed by atoms with Crippen molar-refractivity contribution in [2.45, 2.75) is 19.0 Å². The van der Waals surface area contributed by atoms with Gasteiger partial charge in [-0.2, -0.15) is 0 Å². The second kappa shape index (κ2) is 8.20. The molecule has 0 unspecified atom stereocenters. The monoisotopic (exact) mass is 458 g/mol. The number of furan rings is 1. The number of methoxy groups -OCH3 is 1. The number of pyridine rings is 1. The number of sulfonamides is 1. The lowest BCUT2D eigenvalue weighted by Gasteiger charge is -2.26. The largest absolute Gasteiger partial charge is 0.494 e. The summed E-state index contributed by atoms with van der Waals surface area (Å²) in [6.07, 6.45) is 2.83. The molecule has 2 N–H and O–H groups in total. The van der Waals surface area contributed by atoms with Crippen LogP contribution in [0.1, 0.15) is 29.3 Å². The van der Waals surface area contributed by atoms with Crippen molar-refractivity contribution in [3.8, 4) is 5.75 Å². The molecule has 2 atom stereocenters. The number of hydrogen-bond acceptors (Lipinski definition) is 6. The summed E-state index contributed by atoms with van der Waals surface area (Å²) in [5.74, 6) is 1.90. The van der Waals surface area contributed by atoms with Crippen LogP contribution in [-0.4, -0.2) is 31.9 Å². The topological polar surface area (TPSA) is 96.7 Å². The Hall–Kier alpha value is -3.11. The van der Waals surface area contributed by atoms with E-state index in [9.17, 15) is 8.42 Å². The molecular weight excluding hydrogens is 436 g/mol. The lowest BCUT2D eigenvalue weighted by atomic mass is 10.0. The second-order valence-electron chi connectivity index (χ2n) is 7.20. The van der Waals surface area contributed by atoms with Crippen LogP contribution in [0.5, 0.6) is 5.75 Å². The summed E-state index contributed by atoms with van der Waals surface area (Å²) >= 11 is 5.68. The number of anilines is 2. The van der Waals surface area contributed by atoms with Crippen LogP contribution in [0.2, 0.25) is 0 Å². The summed E-state index contributed by atoms with van der Waals surface area (Å²) in [5, 5.41) is 3.85. The van der Waals surface area contributed by atoms with Crippen molar-refractivity contribution in [1.82, 2.24) is 10.3 Å². The maximum Gasteiger partial charge on any atom is 0.229 e. The SMILES string of the molecule is COc1cc(N2C(=S)N[C@@H](c3ccccn3)[C@@H]2c2ccc(C)o2)ccc1NS(C)(=O)=O. The minimum atomic E-state index is -3.45. The number of nitrogens with zero attached hydrogens (tertiary/aromatic N) is 2. The molecule has 0 aliphatic carbocycles. The highest BCUT2D eigenvalue weighted by Crippen LogP contribution is 2.43. The number of benzene rings is 1. The van der Waals surface area contributed by atoms with E-state index in [4.69, 9.17) is 21.4 Å². The number of thiocarbonyl (C=S) groups is 1. The van der Waals surface area contributed by atoms with Crippen LogP contribution in [0.4, 0.5) is 11.4 Å². The van der Waals surface area contributed by atoms with Crippen molar-refractivity contribution in [3.63, 3.8) is 0 Å². The Morgan fingerprint density at radius 1 is 1.23 bits per heavy atom. The van der Waals surface area contributed by atoms with Gasteiger partial charge in [0.1, 0.15) is 23.3 Å². The predicted molar refractivity (Wildman–Crippen MR) is 123 cm³/mol. The minimum absolute atomic E-state index is 0.237. The molecule has 0 amide bonds. The van der Waals surface area contributed by atoms with Gasteiger partial charge in [0, 0.05) is 18.0 Å². The molecule has 31 heavy (non-hydrogen) atoms. The Labute approximate surface area is 186 Å². The number of hydrogen-bond donors (Lipinski definition) is 2. The molecule has 0 bridgehead atoms. The summed E-state index contributed by atoms with van der Waals surface area (Å²) in [6.45, 7) is 1.89. The molecule has 0 radical (unpaired) electrons. The lowest BCUT2D eigenvalue weighted by Crippen LogP contribution is -2.29. The van der Waals surface area contributed by atoms with Crippen molar-refractivity contribution < 1.29 is 17.6 Å². The van der Waals surface area contributed by atoms with Crippen molar-refractivity contribution in [3.05, 3.63) is 71.9 Å². The maximum absolute atomic E-state index is 11.7. The van der Waals surface area contributed by atoms with Crippen LogP contribution in [-0.2, 0) is 10.0 Å². The van der Waals surface area contributed by atoms with Crippen LogP contribution in [0, 0.1) is 6.92 Å². The Morgan fingerprint density at radius 2 is 2.03 bits per heavy atom. The number of aryl methyl sites for hydroxylation is 1. The first kappa shape index (κ1) is 21.1. The van der Waals surface area contributed by atoms with E-state index in [-0.39, 0.29) is 12.1 Å². The van der Waals surface area contributed by atoms with Crippen molar-refractivity contribution in [2.75, 3.05) is 23.0 Å². The third kappa shape index (κ3) is 4.35. The number of nitrogens with one attached hydrogen (secondary N) is 2. The fourth-order valence-corrected chi connectivity index (χ4v) is 4.56. The average Bonchev–Trinajstić information content (AvgIpc) is 3.30. The van der Waals surface area contributed by atoms with E-state index in [1.165, 1.54) is 7.11 Å². The summed E-state index contributed by atoms with van der Waals surface area (Å²) in [7, 11) is -1.97. The summed E-state index contributed by atoms with van der Waals surface area (Å²) in [5.41, 5.74) is 1.90. The molecule has 3 aromatic rings. The van der Waals surface area contributed by atoms with Gasteiger partial charge in [0.2, 0.25) is 10.0 Å². The summed E-state index contributed by atoms with van der Waals surface area (Å²) in [6, 6.07) is 14.2. The standard InChI is InChI=1S/C21H22N4O4S2/c1-13-7-10-17(29-13)20-19(16-6-4-5-11-22-16)23-21(30)25(20)14-8-9-15(18(12-14)28-2)24-31(3,26)27/h4-12,19-20,24H,1-3H3,(H,23,30)/t19-,20-/m0/s1. The first-order valence-corrected chi connectivity index (χ1v) is 11.8. The van der Waals surface area contributed by atoms with Gasteiger partial charge < -0.3 is 19.4 Å². The van der Waals surface area contributed by atoms with Crippen LogP contribution in [0.15, 0.2) is 59.1 Å². The van der Waals surface area contributed by atoms with E-state index in [1.807, 2.05) is 42.2 Å². The highest BCUT2D eigenvalue weighted by Gasteiger charge is 2.42. The van der Waals surface area contributed by atoms with Gasteiger partial charge in [-0.3, -0.25) is 9.71 Å². The molecule has 1 aromatic carbocycles. The van der Waals surface area contributed by atoms with E-state index in [0.717, 1.165) is 29.2 Å². The van der Waals surface area contributed by atoms with E-state index in [1.54, 1.807) is 24.4 Å². The van der Waals surface area contributed by atoms with E-state index in [2.05, 4.69) is 15.0 Å². The van der Waals surface area contributed by atoms with Crippen LogP contribution in [0.3, 0.4) is 0 Å². The molecule has 10 heteroatoms. The molecule has 0 spiro atoms. The van der Waals surface area contributed by atoms with Crippen molar-refractivity contribution in [1.29, 1.82) is 0 Å². The minimum Gasteiger partial charge on any atom is -0.494 e. The highest BCUT2D eigenvalue weighted by atomic mass is 32.2. The highest BCUT2D eigenvalue weighted by molar-refractivity contribution is 7.92. The zero-order chi connectivity index (χ0) is 22.2. The zero-order valence-electron chi connectivity index (χ0n) is 17.2. The zero-order valence-corrected chi connectivity index (χ0v) is 18.8. The number of aromatic nitrogens is 1. The third-order valence-corrected chi connectivity index (χ3v) is 5.81. The summed E-state index contributed by atoms with van der Waals surface area (Å²) in [4.78, 5) is 6.43. The van der Waals surface area contributed by atoms with Gasteiger partial charge in [-0.1, -0.05) is 6.07 Å². The van der Waals surface area contributed by atoms with E-state index >= 15 is 0 Å². The molecule has 4 rings (SSSR count). The molecule has 162 valence electrons. The van der Waals surface area contributed by atoms with Crippen LogP contribution >= 0.6 is 12.2 Å². The average molecular weight is 459 g/mol. The van der Waals surface area contributed by atoms with Crippen molar-refractivity contribution in [2.24, 2.45) is 0 Å². The fraction of sp³-hybridized carbons (Fsp3) is 0.238. The second-order valence-corrected chi connectivity index (χ2v) is 9.34. The summed E-state index contributed by atoms with van der Waals surface area (Å²) < 4.78 is 37.2. The van der Waals surface area contributed by atoms with Crippen LogP contribution < -0.4 is 19.7 Å². The molecule has 1 fully saturated rings. The van der Waals surface area contributed by atoms with Crippen LogP contribution in [0.25, 0.3) is 0 Å². The molecule has 3 heterocycles. The smallest absolute Gasteiger partial charge is 0.229 e. The Morgan fingerprint density at radius 3 is 2.65 bits per heavy atom. The molecule has 1 saturated heterocycles. The van der Waals surface area contributed by atoms with E-state index in [0.29, 0.717) is 16.5 Å². The van der Waals surface area contributed by atoms with Crippen molar-refractivity contribution >= 4 is 38.7 Å². The normalized spacial score (nSPS) is 18.7. The molecular formula is C21H22N4O4S2. The first-order valence-electron chi connectivity index (χ1n) is 9.49.